The Bertz CT molecular complexity index is 560. The lowest BCUT2D eigenvalue weighted by Gasteiger charge is -2.35. The zero-order chi connectivity index (χ0) is 15.6. The highest BCUT2D eigenvalue weighted by Gasteiger charge is 2.36. The third kappa shape index (κ3) is 4.06. The van der Waals surface area contributed by atoms with Gasteiger partial charge in [-0.3, -0.25) is 9.59 Å². The van der Waals surface area contributed by atoms with Crippen molar-refractivity contribution in [2.45, 2.75) is 24.9 Å². The summed E-state index contributed by atoms with van der Waals surface area (Å²) < 4.78 is 23.2. The fourth-order valence-electron chi connectivity index (χ4n) is 2.49. The summed E-state index contributed by atoms with van der Waals surface area (Å²) in [6.07, 6.45) is -0.254. The first-order valence-corrected chi connectivity index (χ1v) is 8.35. The lowest BCUT2D eigenvalue weighted by Crippen LogP contribution is -2.56. The van der Waals surface area contributed by atoms with Crippen LogP contribution in [-0.4, -0.2) is 73.0 Å². The summed E-state index contributed by atoms with van der Waals surface area (Å²) in [4.78, 5) is 35.3. The highest BCUT2D eigenvalue weighted by Crippen LogP contribution is 2.16. The number of hydrogen-bond donors (Lipinski definition) is 3. The van der Waals surface area contributed by atoms with Crippen molar-refractivity contribution < 1.29 is 27.9 Å². The summed E-state index contributed by atoms with van der Waals surface area (Å²) in [5.41, 5.74) is 0. The zero-order valence-corrected chi connectivity index (χ0v) is 12.1. The van der Waals surface area contributed by atoms with E-state index in [4.69, 9.17) is 5.11 Å². The molecule has 0 spiro atoms. The van der Waals surface area contributed by atoms with Crippen molar-refractivity contribution in [1.29, 1.82) is 0 Å². The molecule has 0 aromatic heterocycles. The van der Waals surface area contributed by atoms with Gasteiger partial charge in [-0.2, -0.15) is 0 Å². The molecular weight excluding hydrogens is 302 g/mol. The SMILES string of the molecule is O=C(O)CC1CS(=O)(=O)CCN1C(=O)NC1CNC(=O)C1. The van der Waals surface area contributed by atoms with Crippen LogP contribution in [0.3, 0.4) is 0 Å². The average molecular weight is 319 g/mol. The van der Waals surface area contributed by atoms with Gasteiger partial charge in [-0.05, 0) is 0 Å². The van der Waals surface area contributed by atoms with E-state index in [9.17, 15) is 22.8 Å². The molecule has 2 aliphatic heterocycles. The number of amides is 3. The maximum Gasteiger partial charge on any atom is 0.318 e. The number of nitrogens with one attached hydrogen (secondary N) is 2. The Hall–Kier alpha value is -1.84. The van der Waals surface area contributed by atoms with Crippen molar-refractivity contribution in [3.8, 4) is 0 Å². The Kier molecular flexibility index (Phi) is 4.35. The molecule has 0 radical (unpaired) electrons. The summed E-state index contributed by atoms with van der Waals surface area (Å²) in [7, 11) is -3.33. The van der Waals surface area contributed by atoms with Crippen LogP contribution in [0, 0.1) is 0 Å². The van der Waals surface area contributed by atoms with Crippen LogP contribution in [0.25, 0.3) is 0 Å². The summed E-state index contributed by atoms with van der Waals surface area (Å²) in [5.74, 6) is -1.86. The molecule has 0 aromatic carbocycles. The Morgan fingerprint density at radius 2 is 2.14 bits per heavy atom. The lowest BCUT2D eigenvalue weighted by atomic mass is 10.2. The number of hydrogen-bond acceptors (Lipinski definition) is 5. The summed E-state index contributed by atoms with van der Waals surface area (Å²) in [5, 5.41) is 14.0. The molecule has 3 N–H and O–H groups in total. The first-order valence-electron chi connectivity index (χ1n) is 6.53. The third-order valence-corrected chi connectivity index (χ3v) is 5.20. The van der Waals surface area contributed by atoms with Crippen molar-refractivity contribution in [1.82, 2.24) is 15.5 Å². The van der Waals surface area contributed by atoms with Gasteiger partial charge in [0.05, 0.1) is 30.0 Å². The maximum atomic E-state index is 12.2. The molecule has 9 nitrogen and oxygen atoms in total. The van der Waals surface area contributed by atoms with Crippen molar-refractivity contribution in [2.24, 2.45) is 0 Å². The van der Waals surface area contributed by atoms with Crippen molar-refractivity contribution >= 4 is 27.7 Å². The Balaban J connectivity index is 2.02. The Morgan fingerprint density at radius 1 is 1.43 bits per heavy atom. The van der Waals surface area contributed by atoms with Crippen LogP contribution in [-0.2, 0) is 19.4 Å². The minimum Gasteiger partial charge on any atom is -0.481 e. The monoisotopic (exact) mass is 319 g/mol. The maximum absolute atomic E-state index is 12.2. The molecule has 0 aliphatic carbocycles. The Morgan fingerprint density at radius 3 is 2.71 bits per heavy atom. The number of carbonyl (C=O) groups is 3. The van der Waals surface area contributed by atoms with Gasteiger partial charge in [0.25, 0.3) is 0 Å². The number of urea groups is 1. The number of rotatable bonds is 3. The number of nitrogens with zero attached hydrogens (tertiary/aromatic N) is 1. The number of aliphatic carboxylic acids is 1. The number of carboxylic acids is 1. The fraction of sp³-hybridized carbons (Fsp3) is 0.727. The molecule has 2 heterocycles. The largest absolute Gasteiger partial charge is 0.481 e. The second-order valence-electron chi connectivity index (χ2n) is 5.21. The smallest absolute Gasteiger partial charge is 0.318 e. The summed E-state index contributed by atoms with van der Waals surface area (Å²) in [6.45, 7) is 0.278. The van der Waals surface area contributed by atoms with E-state index in [-0.39, 0.29) is 36.4 Å². The molecule has 118 valence electrons. The molecule has 2 rings (SSSR count). The van der Waals surface area contributed by atoms with E-state index >= 15 is 0 Å². The lowest BCUT2D eigenvalue weighted by molar-refractivity contribution is -0.138. The van der Waals surface area contributed by atoms with E-state index in [2.05, 4.69) is 10.6 Å². The number of carboxylic acid groups (broad SMARTS) is 1. The highest BCUT2D eigenvalue weighted by atomic mass is 32.2. The van der Waals surface area contributed by atoms with Gasteiger partial charge in [-0.1, -0.05) is 0 Å². The molecule has 2 unspecified atom stereocenters. The molecule has 10 heteroatoms. The molecule has 2 atom stereocenters. The molecule has 2 saturated heterocycles. The second kappa shape index (κ2) is 5.88. The summed E-state index contributed by atoms with van der Waals surface area (Å²) in [6, 6.07) is -1.77. The normalized spacial score (nSPS) is 28.0. The van der Waals surface area contributed by atoms with E-state index in [0.29, 0.717) is 6.54 Å². The van der Waals surface area contributed by atoms with Crippen LogP contribution in [0.5, 0.6) is 0 Å². The van der Waals surface area contributed by atoms with Gasteiger partial charge in [0.1, 0.15) is 0 Å². The molecule has 0 saturated carbocycles. The molecule has 2 aliphatic rings. The van der Waals surface area contributed by atoms with E-state index in [0.717, 1.165) is 0 Å². The van der Waals surface area contributed by atoms with Crippen LogP contribution < -0.4 is 10.6 Å². The molecule has 0 bridgehead atoms. The second-order valence-corrected chi connectivity index (χ2v) is 7.44. The predicted molar refractivity (Wildman–Crippen MR) is 71.3 cm³/mol. The quantitative estimate of drug-likeness (QED) is 0.560. The van der Waals surface area contributed by atoms with Crippen molar-refractivity contribution in [3.63, 3.8) is 0 Å². The molecule has 3 amide bonds. The summed E-state index contributed by atoms with van der Waals surface area (Å²) >= 11 is 0. The van der Waals surface area contributed by atoms with E-state index < -0.39 is 34.3 Å². The topological polar surface area (TPSA) is 133 Å². The van der Waals surface area contributed by atoms with Crippen LogP contribution in [0.1, 0.15) is 12.8 Å². The molecule has 21 heavy (non-hydrogen) atoms. The third-order valence-electron chi connectivity index (χ3n) is 3.51. The van der Waals surface area contributed by atoms with E-state index in [1.165, 1.54) is 4.90 Å². The predicted octanol–water partition coefficient (Wildman–Crippen LogP) is -1.84. The Labute approximate surface area is 121 Å². The minimum absolute atomic E-state index is 0.0415. The van der Waals surface area contributed by atoms with Gasteiger partial charge in [0, 0.05) is 19.5 Å². The average Bonchev–Trinajstić information content (AvgIpc) is 2.72. The van der Waals surface area contributed by atoms with Crippen LogP contribution >= 0.6 is 0 Å². The first kappa shape index (κ1) is 15.5. The van der Waals surface area contributed by atoms with Gasteiger partial charge < -0.3 is 20.6 Å². The number of carbonyl (C=O) groups excluding carboxylic acids is 2. The van der Waals surface area contributed by atoms with Gasteiger partial charge in [-0.15, -0.1) is 0 Å². The van der Waals surface area contributed by atoms with E-state index in [1.807, 2.05) is 0 Å². The zero-order valence-electron chi connectivity index (χ0n) is 11.2. The van der Waals surface area contributed by atoms with E-state index in [1.54, 1.807) is 0 Å². The van der Waals surface area contributed by atoms with Crippen molar-refractivity contribution in [2.75, 3.05) is 24.6 Å². The van der Waals surface area contributed by atoms with Gasteiger partial charge in [0.2, 0.25) is 5.91 Å². The molecule has 0 aromatic rings. The van der Waals surface area contributed by atoms with Crippen LogP contribution in [0.15, 0.2) is 0 Å². The van der Waals surface area contributed by atoms with Gasteiger partial charge >= 0.3 is 12.0 Å². The fourth-order valence-corrected chi connectivity index (χ4v) is 4.01. The van der Waals surface area contributed by atoms with Gasteiger partial charge in [-0.25, -0.2) is 13.2 Å². The first-order chi connectivity index (χ1) is 9.77. The van der Waals surface area contributed by atoms with Crippen LogP contribution in [0.2, 0.25) is 0 Å². The highest BCUT2D eigenvalue weighted by molar-refractivity contribution is 7.91. The van der Waals surface area contributed by atoms with Crippen LogP contribution in [0.4, 0.5) is 4.79 Å². The number of sulfone groups is 1. The van der Waals surface area contributed by atoms with Crippen molar-refractivity contribution in [3.05, 3.63) is 0 Å². The standard InChI is InChI=1S/C11H17N3O6S/c15-9-3-7(5-12-9)13-11(18)14-1-2-21(19,20)6-8(14)4-10(16)17/h7-8H,1-6H2,(H,12,15)(H,13,18)(H,16,17). The van der Waals surface area contributed by atoms with Gasteiger partial charge in [0.15, 0.2) is 9.84 Å². The minimum atomic E-state index is -3.33. The molecular formula is C11H17N3O6S. The molecule has 2 fully saturated rings.